The molecule has 1 saturated heterocycles. The molecular weight excluding hydrogens is 316 g/mol. The molecule has 1 aliphatic rings. The molecule has 1 amide bonds. The summed E-state index contributed by atoms with van der Waals surface area (Å²) < 4.78 is 11.1. The largest absolute Gasteiger partial charge is 0.457 e. The fraction of sp³-hybridized carbons (Fsp3) is 0.350. The van der Waals surface area contributed by atoms with Gasteiger partial charge in [0, 0.05) is 26.2 Å². The summed E-state index contributed by atoms with van der Waals surface area (Å²) in [5.41, 5.74) is 0.976. The second-order valence-electron chi connectivity index (χ2n) is 6.04. The highest BCUT2D eigenvalue weighted by molar-refractivity contribution is 5.78. The topological polar surface area (TPSA) is 50.8 Å². The van der Waals surface area contributed by atoms with Crippen LogP contribution < -0.4 is 10.1 Å². The van der Waals surface area contributed by atoms with E-state index in [0.29, 0.717) is 13.0 Å². The van der Waals surface area contributed by atoms with E-state index < -0.39 is 0 Å². The smallest absolute Gasteiger partial charge is 0.224 e. The van der Waals surface area contributed by atoms with Crippen LogP contribution >= 0.6 is 0 Å². The first kappa shape index (κ1) is 17.5. The maximum atomic E-state index is 12.0. The van der Waals surface area contributed by atoms with E-state index in [1.54, 1.807) is 0 Å². The van der Waals surface area contributed by atoms with Crippen LogP contribution in [-0.4, -0.2) is 50.2 Å². The van der Waals surface area contributed by atoms with E-state index in [4.69, 9.17) is 9.47 Å². The Morgan fingerprint density at radius 3 is 2.40 bits per heavy atom. The molecule has 1 N–H and O–H groups in total. The van der Waals surface area contributed by atoms with Crippen LogP contribution in [0.4, 0.5) is 0 Å². The highest BCUT2D eigenvalue weighted by Gasteiger charge is 2.10. The molecule has 0 spiro atoms. The van der Waals surface area contributed by atoms with Crippen molar-refractivity contribution < 1.29 is 14.3 Å². The number of para-hydroxylation sites is 1. The van der Waals surface area contributed by atoms with Crippen molar-refractivity contribution in [3.05, 3.63) is 60.2 Å². The number of rotatable bonds is 7. The number of nitrogens with zero attached hydrogens (tertiary/aromatic N) is 1. The number of hydrogen-bond acceptors (Lipinski definition) is 4. The standard InChI is InChI=1S/C20H24N2O3/c23-20(21-10-11-22-12-14-24-15-13-22)16-17-6-8-19(9-7-17)25-18-4-2-1-3-5-18/h1-9H,10-16H2,(H,21,23). The molecule has 25 heavy (non-hydrogen) atoms. The van der Waals surface area contributed by atoms with E-state index in [2.05, 4.69) is 10.2 Å². The number of amides is 1. The predicted octanol–water partition coefficient (Wildman–Crippen LogP) is 2.47. The summed E-state index contributed by atoms with van der Waals surface area (Å²) in [6, 6.07) is 17.3. The van der Waals surface area contributed by atoms with Gasteiger partial charge in [-0.3, -0.25) is 9.69 Å². The van der Waals surface area contributed by atoms with E-state index in [-0.39, 0.29) is 5.91 Å². The van der Waals surface area contributed by atoms with Gasteiger partial charge in [-0.2, -0.15) is 0 Å². The van der Waals surface area contributed by atoms with Crippen molar-refractivity contribution in [2.24, 2.45) is 0 Å². The minimum Gasteiger partial charge on any atom is -0.457 e. The highest BCUT2D eigenvalue weighted by atomic mass is 16.5. The van der Waals surface area contributed by atoms with Gasteiger partial charge in [0.05, 0.1) is 19.6 Å². The Kier molecular flexibility index (Phi) is 6.42. The van der Waals surface area contributed by atoms with Crippen molar-refractivity contribution in [1.82, 2.24) is 10.2 Å². The summed E-state index contributed by atoms with van der Waals surface area (Å²) in [6.45, 7) is 5.00. The summed E-state index contributed by atoms with van der Waals surface area (Å²) in [4.78, 5) is 14.3. The Balaban J connectivity index is 1.40. The van der Waals surface area contributed by atoms with Crippen molar-refractivity contribution >= 4 is 5.91 Å². The molecular formula is C20H24N2O3. The molecule has 2 aromatic rings. The van der Waals surface area contributed by atoms with Gasteiger partial charge in [-0.05, 0) is 29.8 Å². The van der Waals surface area contributed by atoms with E-state index >= 15 is 0 Å². The Morgan fingerprint density at radius 1 is 1.00 bits per heavy atom. The number of morpholine rings is 1. The van der Waals surface area contributed by atoms with Crippen LogP contribution in [0.1, 0.15) is 5.56 Å². The van der Waals surface area contributed by atoms with Crippen molar-refractivity contribution in [3.63, 3.8) is 0 Å². The molecule has 0 aromatic heterocycles. The van der Waals surface area contributed by atoms with Crippen molar-refractivity contribution in [2.45, 2.75) is 6.42 Å². The van der Waals surface area contributed by atoms with Gasteiger partial charge >= 0.3 is 0 Å². The zero-order valence-electron chi connectivity index (χ0n) is 14.3. The number of ether oxygens (including phenoxy) is 2. The first-order valence-electron chi connectivity index (χ1n) is 8.68. The second-order valence-corrected chi connectivity index (χ2v) is 6.04. The maximum absolute atomic E-state index is 12.0. The van der Waals surface area contributed by atoms with Gasteiger partial charge in [0.25, 0.3) is 0 Å². The normalized spacial score (nSPS) is 14.9. The molecule has 5 heteroatoms. The maximum Gasteiger partial charge on any atom is 0.224 e. The van der Waals surface area contributed by atoms with E-state index in [9.17, 15) is 4.79 Å². The lowest BCUT2D eigenvalue weighted by Gasteiger charge is -2.26. The first-order valence-corrected chi connectivity index (χ1v) is 8.68. The van der Waals surface area contributed by atoms with Crippen LogP contribution in [0, 0.1) is 0 Å². The average Bonchev–Trinajstić information content (AvgIpc) is 2.65. The Bertz CT molecular complexity index is 652. The van der Waals surface area contributed by atoms with Gasteiger partial charge in [0.1, 0.15) is 11.5 Å². The zero-order chi connectivity index (χ0) is 17.3. The molecule has 0 radical (unpaired) electrons. The molecule has 2 aromatic carbocycles. The van der Waals surface area contributed by atoms with Crippen LogP contribution in [0.25, 0.3) is 0 Å². The van der Waals surface area contributed by atoms with Crippen LogP contribution in [-0.2, 0) is 16.0 Å². The summed E-state index contributed by atoms with van der Waals surface area (Å²) in [5.74, 6) is 1.61. The fourth-order valence-corrected chi connectivity index (χ4v) is 2.73. The molecule has 0 bridgehead atoms. The Morgan fingerprint density at radius 2 is 1.68 bits per heavy atom. The molecule has 3 rings (SSSR count). The van der Waals surface area contributed by atoms with E-state index in [1.165, 1.54) is 0 Å². The van der Waals surface area contributed by atoms with Crippen molar-refractivity contribution in [3.8, 4) is 11.5 Å². The first-order chi connectivity index (χ1) is 12.3. The quantitative estimate of drug-likeness (QED) is 0.841. The predicted molar refractivity (Wildman–Crippen MR) is 96.9 cm³/mol. The lowest BCUT2D eigenvalue weighted by atomic mass is 10.1. The third-order valence-corrected chi connectivity index (χ3v) is 4.12. The lowest BCUT2D eigenvalue weighted by Crippen LogP contribution is -2.41. The van der Waals surface area contributed by atoms with Gasteiger partial charge in [-0.15, -0.1) is 0 Å². The number of hydrogen-bond donors (Lipinski definition) is 1. The minimum atomic E-state index is 0.0463. The van der Waals surface area contributed by atoms with E-state index in [1.807, 2.05) is 54.6 Å². The highest BCUT2D eigenvalue weighted by Crippen LogP contribution is 2.21. The Hall–Kier alpha value is -2.37. The number of carbonyl (C=O) groups is 1. The fourth-order valence-electron chi connectivity index (χ4n) is 2.73. The minimum absolute atomic E-state index is 0.0463. The molecule has 1 heterocycles. The molecule has 0 aliphatic carbocycles. The Labute approximate surface area is 148 Å². The van der Waals surface area contributed by atoms with E-state index in [0.717, 1.165) is 49.9 Å². The lowest BCUT2D eigenvalue weighted by molar-refractivity contribution is -0.120. The third-order valence-electron chi connectivity index (χ3n) is 4.12. The average molecular weight is 340 g/mol. The molecule has 0 unspecified atom stereocenters. The molecule has 132 valence electrons. The van der Waals surface area contributed by atoms with Crippen LogP contribution in [0.15, 0.2) is 54.6 Å². The van der Waals surface area contributed by atoms with Gasteiger partial charge < -0.3 is 14.8 Å². The molecule has 1 fully saturated rings. The molecule has 0 saturated carbocycles. The molecule has 5 nitrogen and oxygen atoms in total. The van der Waals surface area contributed by atoms with Gasteiger partial charge in [0.2, 0.25) is 5.91 Å². The van der Waals surface area contributed by atoms with Crippen LogP contribution in [0.2, 0.25) is 0 Å². The van der Waals surface area contributed by atoms with Gasteiger partial charge in [0.15, 0.2) is 0 Å². The number of benzene rings is 2. The second kappa shape index (κ2) is 9.20. The van der Waals surface area contributed by atoms with Gasteiger partial charge in [-0.1, -0.05) is 30.3 Å². The van der Waals surface area contributed by atoms with Crippen molar-refractivity contribution in [1.29, 1.82) is 0 Å². The zero-order valence-corrected chi connectivity index (χ0v) is 14.3. The monoisotopic (exact) mass is 340 g/mol. The van der Waals surface area contributed by atoms with Crippen molar-refractivity contribution in [2.75, 3.05) is 39.4 Å². The third kappa shape index (κ3) is 5.89. The SMILES string of the molecule is O=C(Cc1ccc(Oc2ccccc2)cc1)NCCN1CCOCC1. The summed E-state index contributed by atoms with van der Waals surface area (Å²) in [6.07, 6.45) is 0.384. The number of nitrogens with one attached hydrogen (secondary N) is 1. The number of carbonyl (C=O) groups excluding carboxylic acids is 1. The molecule has 1 aliphatic heterocycles. The van der Waals surface area contributed by atoms with Crippen LogP contribution in [0.3, 0.4) is 0 Å². The summed E-state index contributed by atoms with van der Waals surface area (Å²) in [5, 5.41) is 2.98. The van der Waals surface area contributed by atoms with Crippen LogP contribution in [0.5, 0.6) is 11.5 Å². The van der Waals surface area contributed by atoms with Gasteiger partial charge in [-0.25, -0.2) is 0 Å². The molecule has 0 atom stereocenters. The summed E-state index contributed by atoms with van der Waals surface area (Å²) in [7, 11) is 0. The summed E-state index contributed by atoms with van der Waals surface area (Å²) >= 11 is 0.